The van der Waals surface area contributed by atoms with E-state index in [1.165, 1.54) is 32.1 Å². The van der Waals surface area contributed by atoms with Crippen LogP contribution in [0.25, 0.3) is 0 Å². The molecule has 0 spiro atoms. The van der Waals surface area contributed by atoms with Crippen LogP contribution in [0.5, 0.6) is 0 Å². The lowest BCUT2D eigenvalue weighted by Crippen LogP contribution is -2.27. The van der Waals surface area contributed by atoms with E-state index in [0.717, 1.165) is 0 Å². The van der Waals surface area contributed by atoms with Crippen molar-refractivity contribution in [1.29, 1.82) is 0 Å². The van der Waals surface area contributed by atoms with E-state index in [2.05, 4.69) is 47.9 Å². The maximum atomic E-state index is 4.58. The predicted octanol–water partition coefficient (Wildman–Crippen LogP) is 3.95. The van der Waals surface area contributed by atoms with E-state index in [-0.39, 0.29) is 9.86 Å². The lowest BCUT2D eigenvalue weighted by atomic mass is 9.90. The van der Waals surface area contributed by atoms with Crippen molar-refractivity contribution < 1.29 is 0 Å². The van der Waals surface area contributed by atoms with E-state index < -0.39 is 0 Å². The van der Waals surface area contributed by atoms with Crippen molar-refractivity contribution in [3.63, 3.8) is 0 Å². The third-order valence-corrected chi connectivity index (χ3v) is 3.37. The molecule has 0 N–H and O–H groups in total. The van der Waals surface area contributed by atoms with Gasteiger partial charge in [0.1, 0.15) is 0 Å². The van der Waals surface area contributed by atoms with Gasteiger partial charge < -0.3 is 0 Å². The predicted molar refractivity (Wildman–Crippen MR) is 63.0 cm³/mol. The van der Waals surface area contributed by atoms with E-state index in [1.54, 1.807) is 0 Å². The zero-order valence-electron chi connectivity index (χ0n) is 8.94. The minimum atomic E-state index is 0.0677. The Labute approximate surface area is 90.1 Å². The van der Waals surface area contributed by atoms with Gasteiger partial charge in [0.2, 0.25) is 0 Å². The summed E-state index contributed by atoms with van der Waals surface area (Å²) in [6.07, 6.45) is 8.67. The Morgan fingerprint density at radius 3 is 2.15 bits per heavy atom. The van der Waals surface area contributed by atoms with Gasteiger partial charge in [0, 0.05) is 6.21 Å². The molecule has 0 unspecified atom stereocenters. The SMILES string of the molecule is CC(C)(C)N=CC1(Br)CCCCC1. The van der Waals surface area contributed by atoms with Gasteiger partial charge in [-0.3, -0.25) is 4.99 Å². The first-order valence-corrected chi connectivity index (χ1v) is 5.96. The molecule has 0 aromatic carbocycles. The lowest BCUT2D eigenvalue weighted by Gasteiger charge is -2.28. The fraction of sp³-hybridized carbons (Fsp3) is 0.909. The third-order valence-electron chi connectivity index (χ3n) is 2.37. The van der Waals surface area contributed by atoms with Crippen LogP contribution in [0.15, 0.2) is 4.99 Å². The van der Waals surface area contributed by atoms with Crippen LogP contribution in [0, 0.1) is 0 Å². The molecule has 0 saturated heterocycles. The van der Waals surface area contributed by atoms with Crippen molar-refractivity contribution in [2.75, 3.05) is 0 Å². The molecular formula is C11H20BrN. The summed E-state index contributed by atoms with van der Waals surface area (Å²) in [5, 5.41) is 0. The summed E-state index contributed by atoms with van der Waals surface area (Å²) in [4.78, 5) is 4.58. The highest BCUT2D eigenvalue weighted by molar-refractivity contribution is 9.10. The Bertz CT molecular complexity index is 185. The quantitative estimate of drug-likeness (QED) is 0.490. The largest absolute Gasteiger partial charge is 0.290 e. The molecular weight excluding hydrogens is 226 g/mol. The summed E-state index contributed by atoms with van der Waals surface area (Å²) >= 11 is 3.80. The third kappa shape index (κ3) is 4.26. The number of alkyl halides is 1. The Morgan fingerprint density at radius 2 is 1.69 bits per heavy atom. The fourth-order valence-electron chi connectivity index (χ4n) is 1.58. The van der Waals surface area contributed by atoms with Crippen LogP contribution >= 0.6 is 15.9 Å². The minimum absolute atomic E-state index is 0.0677. The standard InChI is InChI=1S/C11H20BrN/c1-10(2,3)13-9-11(12)7-5-4-6-8-11/h9H,4-8H2,1-3H3. The van der Waals surface area contributed by atoms with E-state index >= 15 is 0 Å². The highest BCUT2D eigenvalue weighted by Gasteiger charge is 2.27. The van der Waals surface area contributed by atoms with Crippen LogP contribution in [-0.2, 0) is 0 Å². The summed E-state index contributed by atoms with van der Waals surface area (Å²) in [6.45, 7) is 6.42. The van der Waals surface area contributed by atoms with Crippen molar-refractivity contribution in [3.8, 4) is 0 Å². The van der Waals surface area contributed by atoms with Gasteiger partial charge in [0.25, 0.3) is 0 Å². The monoisotopic (exact) mass is 245 g/mol. The first kappa shape index (κ1) is 11.2. The number of rotatable bonds is 1. The first-order valence-electron chi connectivity index (χ1n) is 5.17. The van der Waals surface area contributed by atoms with Crippen molar-refractivity contribution >= 4 is 22.1 Å². The molecule has 0 aromatic heterocycles. The maximum absolute atomic E-state index is 4.58. The zero-order valence-corrected chi connectivity index (χ0v) is 10.5. The molecule has 0 aliphatic heterocycles. The smallest absolute Gasteiger partial charge is 0.0604 e. The summed E-state index contributed by atoms with van der Waals surface area (Å²) in [7, 11) is 0. The van der Waals surface area contributed by atoms with Crippen LogP contribution in [0.2, 0.25) is 0 Å². The molecule has 0 amide bonds. The number of nitrogens with zero attached hydrogens (tertiary/aromatic N) is 1. The van der Waals surface area contributed by atoms with E-state index in [0.29, 0.717) is 0 Å². The van der Waals surface area contributed by atoms with Crippen molar-refractivity contribution in [1.82, 2.24) is 0 Å². The van der Waals surface area contributed by atoms with Crippen molar-refractivity contribution in [2.24, 2.45) is 4.99 Å². The van der Waals surface area contributed by atoms with Gasteiger partial charge in [-0.25, -0.2) is 0 Å². The molecule has 1 rings (SSSR count). The Morgan fingerprint density at radius 1 is 1.15 bits per heavy atom. The Kier molecular flexibility index (Phi) is 3.56. The van der Waals surface area contributed by atoms with Gasteiger partial charge in [-0.1, -0.05) is 35.2 Å². The number of halogens is 1. The van der Waals surface area contributed by atoms with Gasteiger partial charge in [-0.05, 0) is 33.6 Å². The van der Waals surface area contributed by atoms with E-state index in [4.69, 9.17) is 0 Å². The summed E-state index contributed by atoms with van der Waals surface area (Å²) in [5.74, 6) is 0. The molecule has 0 heterocycles. The number of hydrogen-bond donors (Lipinski definition) is 0. The Balaban J connectivity index is 2.55. The summed E-state index contributed by atoms with van der Waals surface area (Å²) < 4.78 is 0.207. The van der Waals surface area contributed by atoms with Crippen LogP contribution in [-0.4, -0.2) is 16.1 Å². The number of hydrogen-bond acceptors (Lipinski definition) is 1. The normalized spacial score (nSPS) is 23.7. The molecule has 76 valence electrons. The molecule has 1 nitrogen and oxygen atoms in total. The molecule has 1 saturated carbocycles. The van der Waals surface area contributed by atoms with Gasteiger partial charge in [-0.15, -0.1) is 0 Å². The molecule has 13 heavy (non-hydrogen) atoms. The molecule has 0 aromatic rings. The average Bonchev–Trinajstić information content (AvgIpc) is 2.02. The molecule has 0 bridgehead atoms. The molecule has 1 aliphatic rings. The second kappa shape index (κ2) is 4.12. The zero-order chi connectivity index (χ0) is 9.95. The topological polar surface area (TPSA) is 12.4 Å². The van der Waals surface area contributed by atoms with Gasteiger partial charge in [0.05, 0.1) is 9.86 Å². The summed E-state index contributed by atoms with van der Waals surface area (Å²) in [5.41, 5.74) is 0.0677. The second-order valence-electron chi connectivity index (χ2n) is 5.02. The molecule has 2 heteroatoms. The molecule has 1 fully saturated rings. The van der Waals surface area contributed by atoms with Crippen LogP contribution in [0.3, 0.4) is 0 Å². The van der Waals surface area contributed by atoms with Gasteiger partial charge in [-0.2, -0.15) is 0 Å². The Hall–Kier alpha value is 0.150. The lowest BCUT2D eigenvalue weighted by molar-refractivity contribution is 0.476. The second-order valence-corrected chi connectivity index (χ2v) is 6.60. The van der Waals surface area contributed by atoms with Gasteiger partial charge >= 0.3 is 0 Å². The molecule has 0 atom stereocenters. The highest BCUT2D eigenvalue weighted by atomic mass is 79.9. The maximum Gasteiger partial charge on any atom is 0.0604 e. The summed E-state index contributed by atoms with van der Waals surface area (Å²) in [6, 6.07) is 0. The van der Waals surface area contributed by atoms with Crippen LogP contribution < -0.4 is 0 Å². The van der Waals surface area contributed by atoms with Crippen molar-refractivity contribution in [3.05, 3.63) is 0 Å². The molecule has 0 radical (unpaired) electrons. The highest BCUT2D eigenvalue weighted by Crippen LogP contribution is 2.34. The van der Waals surface area contributed by atoms with Crippen molar-refractivity contribution in [2.45, 2.75) is 62.7 Å². The number of aliphatic imine (C=N–C) groups is 1. The van der Waals surface area contributed by atoms with E-state index in [9.17, 15) is 0 Å². The minimum Gasteiger partial charge on any atom is -0.290 e. The first-order chi connectivity index (χ1) is 5.91. The molecule has 1 aliphatic carbocycles. The van der Waals surface area contributed by atoms with Crippen LogP contribution in [0.1, 0.15) is 52.9 Å². The fourth-order valence-corrected chi connectivity index (χ4v) is 2.24. The van der Waals surface area contributed by atoms with E-state index in [1.807, 2.05) is 0 Å². The average molecular weight is 246 g/mol. The van der Waals surface area contributed by atoms with Gasteiger partial charge in [0.15, 0.2) is 0 Å². The van der Waals surface area contributed by atoms with Crippen LogP contribution in [0.4, 0.5) is 0 Å².